The topological polar surface area (TPSA) is 100 Å². The highest BCUT2D eigenvalue weighted by atomic mass is 16.6. The lowest BCUT2D eigenvalue weighted by Crippen LogP contribution is -2.48. The number of hydrogen-bond donors (Lipinski definition) is 3. The van der Waals surface area contributed by atoms with Crippen molar-refractivity contribution < 1.29 is 24.2 Å². The van der Waals surface area contributed by atoms with Crippen molar-refractivity contribution in [1.29, 1.82) is 0 Å². The number of carbonyl (C=O) groups is 2. The molecule has 2 aliphatic rings. The largest absolute Gasteiger partial charge is 0.486 e. The molecule has 2 atom stereocenters. The van der Waals surface area contributed by atoms with Gasteiger partial charge in [-0.1, -0.05) is 6.92 Å². The van der Waals surface area contributed by atoms with Gasteiger partial charge in [0.15, 0.2) is 11.5 Å². The molecule has 0 radical (unpaired) electrons. The van der Waals surface area contributed by atoms with Crippen LogP contribution in [0.2, 0.25) is 0 Å². The summed E-state index contributed by atoms with van der Waals surface area (Å²) in [5.41, 5.74) is 0.723. The number of ether oxygens (including phenoxy) is 2. The second kappa shape index (κ2) is 7.60. The molecule has 2 heterocycles. The smallest absolute Gasteiger partial charge is 0.315 e. The van der Waals surface area contributed by atoms with Gasteiger partial charge in [0.2, 0.25) is 5.91 Å². The van der Waals surface area contributed by atoms with Crippen molar-refractivity contribution in [3.8, 4) is 11.5 Å². The Morgan fingerprint density at radius 1 is 1.36 bits per heavy atom. The van der Waals surface area contributed by atoms with Crippen LogP contribution in [0.5, 0.6) is 11.5 Å². The molecule has 1 aromatic rings. The highest BCUT2D eigenvalue weighted by Gasteiger charge is 2.32. The molecular formula is C17H23N3O5. The average Bonchev–Trinajstić information content (AvgIpc) is 2.99. The third-order valence-electron chi connectivity index (χ3n) is 4.35. The Morgan fingerprint density at radius 2 is 2.12 bits per heavy atom. The van der Waals surface area contributed by atoms with Crippen molar-refractivity contribution in [1.82, 2.24) is 10.6 Å². The maximum absolute atomic E-state index is 12.3. The van der Waals surface area contributed by atoms with Crippen LogP contribution in [0.25, 0.3) is 0 Å². The summed E-state index contributed by atoms with van der Waals surface area (Å²) in [6.07, 6.45) is 0.870. The minimum absolute atomic E-state index is 0.0591. The fourth-order valence-electron chi connectivity index (χ4n) is 2.94. The first-order chi connectivity index (χ1) is 12.1. The number of benzene rings is 1. The second-order valence-corrected chi connectivity index (χ2v) is 6.14. The normalized spacial score (nSPS) is 20.3. The molecule has 0 saturated carbocycles. The van der Waals surface area contributed by atoms with Gasteiger partial charge in [-0.15, -0.1) is 0 Å². The number of aliphatic hydroxyl groups excluding tert-OH is 1. The van der Waals surface area contributed by atoms with Crippen LogP contribution in [0.3, 0.4) is 0 Å². The van der Waals surface area contributed by atoms with Gasteiger partial charge < -0.3 is 30.1 Å². The van der Waals surface area contributed by atoms with Gasteiger partial charge in [-0.3, -0.25) is 4.79 Å². The lowest BCUT2D eigenvalue weighted by atomic mass is 10.2. The van der Waals surface area contributed by atoms with E-state index in [1.165, 1.54) is 0 Å². The van der Waals surface area contributed by atoms with Crippen LogP contribution in [0.1, 0.15) is 19.8 Å². The Hall–Kier alpha value is -2.48. The molecule has 136 valence electrons. The van der Waals surface area contributed by atoms with Gasteiger partial charge in [0.05, 0.1) is 18.7 Å². The zero-order valence-corrected chi connectivity index (χ0v) is 14.2. The van der Waals surface area contributed by atoms with Crippen LogP contribution in [-0.2, 0) is 4.79 Å². The van der Waals surface area contributed by atoms with Crippen molar-refractivity contribution in [3.63, 3.8) is 0 Å². The van der Waals surface area contributed by atoms with E-state index >= 15 is 0 Å². The second-order valence-electron chi connectivity index (χ2n) is 6.14. The zero-order valence-electron chi connectivity index (χ0n) is 14.2. The first kappa shape index (κ1) is 17.3. The highest BCUT2D eigenvalue weighted by Crippen LogP contribution is 2.35. The molecule has 0 spiro atoms. The molecular weight excluding hydrogens is 326 g/mol. The monoisotopic (exact) mass is 349 g/mol. The van der Waals surface area contributed by atoms with E-state index in [1.807, 2.05) is 13.0 Å². The first-order valence-electron chi connectivity index (χ1n) is 8.48. The zero-order chi connectivity index (χ0) is 17.8. The molecule has 8 heteroatoms. The summed E-state index contributed by atoms with van der Waals surface area (Å²) < 4.78 is 11.0. The van der Waals surface area contributed by atoms with Gasteiger partial charge in [0.1, 0.15) is 13.2 Å². The van der Waals surface area contributed by atoms with Crippen LogP contribution in [0, 0.1) is 0 Å². The van der Waals surface area contributed by atoms with E-state index in [4.69, 9.17) is 14.6 Å². The third-order valence-corrected chi connectivity index (χ3v) is 4.35. The molecule has 1 aromatic carbocycles. The molecule has 0 unspecified atom stereocenters. The first-order valence-corrected chi connectivity index (χ1v) is 8.48. The number of hydrogen-bond acceptors (Lipinski definition) is 5. The van der Waals surface area contributed by atoms with E-state index < -0.39 is 0 Å². The van der Waals surface area contributed by atoms with Gasteiger partial charge in [-0.05, 0) is 18.6 Å². The summed E-state index contributed by atoms with van der Waals surface area (Å²) in [6.45, 7) is 3.16. The summed E-state index contributed by atoms with van der Waals surface area (Å²) in [5.74, 6) is 1.24. The van der Waals surface area contributed by atoms with E-state index in [9.17, 15) is 9.59 Å². The standard InChI is InChI=1S/C17H23N3O5/c1-2-11(10-21)18-17(23)19-12-7-16(22)20(9-12)13-3-4-14-15(8-13)25-6-5-24-14/h3-4,8,11-12,21H,2,5-7,9-10H2,1H3,(H2,18,19,23)/t11-,12+/m0/s1. The molecule has 0 aromatic heterocycles. The van der Waals surface area contributed by atoms with Gasteiger partial charge in [0, 0.05) is 24.7 Å². The number of rotatable bonds is 5. The number of aliphatic hydroxyl groups is 1. The minimum atomic E-state index is -0.372. The molecule has 3 rings (SSSR count). The number of urea groups is 1. The third kappa shape index (κ3) is 3.96. The maximum Gasteiger partial charge on any atom is 0.315 e. The molecule has 1 saturated heterocycles. The summed E-state index contributed by atoms with van der Waals surface area (Å²) >= 11 is 0. The van der Waals surface area contributed by atoms with E-state index in [2.05, 4.69) is 10.6 Å². The molecule has 1 fully saturated rings. The molecule has 8 nitrogen and oxygen atoms in total. The lowest BCUT2D eigenvalue weighted by Gasteiger charge is -2.22. The molecule has 25 heavy (non-hydrogen) atoms. The Kier molecular flexibility index (Phi) is 5.28. The fourth-order valence-corrected chi connectivity index (χ4v) is 2.94. The Morgan fingerprint density at radius 3 is 2.84 bits per heavy atom. The summed E-state index contributed by atoms with van der Waals surface area (Å²) in [4.78, 5) is 25.9. The average molecular weight is 349 g/mol. The van der Waals surface area contributed by atoms with Gasteiger partial charge in [-0.2, -0.15) is 0 Å². The summed E-state index contributed by atoms with van der Waals surface area (Å²) in [6, 6.07) is 4.45. The van der Waals surface area contributed by atoms with Crippen LogP contribution >= 0.6 is 0 Å². The number of nitrogens with one attached hydrogen (secondary N) is 2. The number of carbonyl (C=O) groups excluding carboxylic acids is 2. The van der Waals surface area contributed by atoms with Crippen LogP contribution < -0.4 is 25.0 Å². The number of fused-ring (bicyclic) bond motifs is 1. The Bertz CT molecular complexity index is 647. The van der Waals surface area contributed by atoms with Crippen molar-refractivity contribution >= 4 is 17.6 Å². The summed E-state index contributed by atoms with van der Waals surface area (Å²) in [5, 5.41) is 14.6. The van der Waals surface area contributed by atoms with E-state index in [1.54, 1.807) is 17.0 Å². The van der Waals surface area contributed by atoms with Crippen molar-refractivity contribution in [2.24, 2.45) is 0 Å². The van der Waals surface area contributed by atoms with Crippen LogP contribution in [-0.4, -0.2) is 55.5 Å². The van der Waals surface area contributed by atoms with Crippen molar-refractivity contribution in [2.45, 2.75) is 31.8 Å². The van der Waals surface area contributed by atoms with Gasteiger partial charge >= 0.3 is 6.03 Å². The van der Waals surface area contributed by atoms with Crippen LogP contribution in [0.15, 0.2) is 18.2 Å². The van der Waals surface area contributed by atoms with Gasteiger partial charge in [0.25, 0.3) is 0 Å². The van der Waals surface area contributed by atoms with Gasteiger partial charge in [-0.25, -0.2) is 4.79 Å². The molecule has 0 aliphatic carbocycles. The lowest BCUT2D eigenvalue weighted by molar-refractivity contribution is -0.117. The Balaban J connectivity index is 1.62. The molecule has 3 N–H and O–H groups in total. The highest BCUT2D eigenvalue weighted by molar-refractivity contribution is 5.97. The Labute approximate surface area is 146 Å². The SMILES string of the molecule is CC[C@@H](CO)NC(=O)N[C@@H]1CC(=O)N(c2ccc3c(c2)OCCO3)C1. The van der Waals surface area contributed by atoms with Crippen molar-refractivity contribution in [2.75, 3.05) is 31.3 Å². The van der Waals surface area contributed by atoms with E-state index in [-0.39, 0.29) is 37.0 Å². The molecule has 0 bridgehead atoms. The molecule has 3 amide bonds. The quantitative estimate of drug-likeness (QED) is 0.724. The minimum Gasteiger partial charge on any atom is -0.486 e. The molecule has 2 aliphatic heterocycles. The van der Waals surface area contributed by atoms with Crippen LogP contribution in [0.4, 0.5) is 10.5 Å². The predicted octanol–water partition coefficient (Wildman–Crippen LogP) is 0.633. The predicted molar refractivity (Wildman–Crippen MR) is 91.0 cm³/mol. The summed E-state index contributed by atoms with van der Waals surface area (Å²) in [7, 11) is 0. The number of anilines is 1. The maximum atomic E-state index is 12.3. The number of nitrogens with zero attached hydrogens (tertiary/aromatic N) is 1. The van der Waals surface area contributed by atoms with E-state index in [0.29, 0.717) is 37.7 Å². The van der Waals surface area contributed by atoms with E-state index in [0.717, 1.165) is 5.69 Å². The number of amides is 3. The fraction of sp³-hybridized carbons (Fsp3) is 0.529. The van der Waals surface area contributed by atoms with Crippen molar-refractivity contribution in [3.05, 3.63) is 18.2 Å².